The quantitative estimate of drug-likeness (QED) is 0.924. The summed E-state index contributed by atoms with van der Waals surface area (Å²) < 4.78 is 11.3. The first-order chi connectivity index (χ1) is 10.2. The molecule has 5 heteroatoms. The Morgan fingerprint density at radius 2 is 2.14 bits per heavy atom. The van der Waals surface area contributed by atoms with Gasteiger partial charge in [-0.15, -0.1) is 0 Å². The number of rotatable bonds is 3. The van der Waals surface area contributed by atoms with E-state index in [-0.39, 0.29) is 31.0 Å². The van der Waals surface area contributed by atoms with Crippen molar-refractivity contribution in [1.82, 2.24) is 4.90 Å². The number of aliphatic hydroxyl groups excluding tert-OH is 1. The van der Waals surface area contributed by atoms with Gasteiger partial charge in [-0.1, -0.05) is 30.3 Å². The first-order valence-corrected chi connectivity index (χ1v) is 7.45. The Hall–Kier alpha value is -1.59. The van der Waals surface area contributed by atoms with Crippen molar-refractivity contribution in [2.24, 2.45) is 0 Å². The lowest BCUT2D eigenvalue weighted by Crippen LogP contribution is -2.60. The molecule has 1 N–H and O–H groups in total. The van der Waals surface area contributed by atoms with Crippen LogP contribution in [-0.4, -0.2) is 47.5 Å². The van der Waals surface area contributed by atoms with Crippen molar-refractivity contribution in [2.45, 2.75) is 37.6 Å². The van der Waals surface area contributed by atoms with E-state index >= 15 is 0 Å². The van der Waals surface area contributed by atoms with Crippen LogP contribution in [0.1, 0.15) is 24.8 Å². The van der Waals surface area contributed by atoms with Gasteiger partial charge >= 0.3 is 6.09 Å². The summed E-state index contributed by atoms with van der Waals surface area (Å²) in [5.41, 5.74) is 0.716. The summed E-state index contributed by atoms with van der Waals surface area (Å²) in [7, 11) is 0. The molecular formula is C16H21NO4. The van der Waals surface area contributed by atoms with Crippen molar-refractivity contribution >= 4 is 6.09 Å². The zero-order chi connectivity index (χ0) is 14.7. The van der Waals surface area contributed by atoms with Gasteiger partial charge in [-0.05, 0) is 24.8 Å². The van der Waals surface area contributed by atoms with E-state index in [4.69, 9.17) is 9.47 Å². The summed E-state index contributed by atoms with van der Waals surface area (Å²) in [6.45, 7) is 1.17. The van der Waals surface area contributed by atoms with Crippen molar-refractivity contribution in [3.63, 3.8) is 0 Å². The minimum absolute atomic E-state index is 0.0653. The van der Waals surface area contributed by atoms with E-state index < -0.39 is 0 Å². The van der Waals surface area contributed by atoms with Crippen molar-refractivity contribution < 1.29 is 19.4 Å². The summed E-state index contributed by atoms with van der Waals surface area (Å²) in [5, 5.41) is 9.35. The minimum atomic E-state index is -0.327. The molecule has 0 bridgehead atoms. The molecule has 1 aromatic carbocycles. The molecular weight excluding hydrogens is 270 g/mol. The van der Waals surface area contributed by atoms with Gasteiger partial charge in [0.2, 0.25) is 0 Å². The van der Waals surface area contributed by atoms with Crippen LogP contribution in [0.4, 0.5) is 4.79 Å². The maximum absolute atomic E-state index is 12.2. The summed E-state index contributed by atoms with van der Waals surface area (Å²) in [6, 6.07) is 9.62. The summed E-state index contributed by atoms with van der Waals surface area (Å²) in [5.74, 6) is 0. The smallest absolute Gasteiger partial charge is 0.410 e. The number of benzene rings is 1. The van der Waals surface area contributed by atoms with E-state index in [9.17, 15) is 9.90 Å². The van der Waals surface area contributed by atoms with E-state index in [0.29, 0.717) is 13.1 Å². The molecule has 21 heavy (non-hydrogen) atoms. The Bertz CT molecular complexity index is 486. The first kappa shape index (κ1) is 14.4. The highest BCUT2D eigenvalue weighted by Gasteiger charge is 2.46. The molecule has 5 nitrogen and oxygen atoms in total. The molecule has 1 heterocycles. The predicted octanol–water partition coefficient (Wildman–Crippen LogP) is 1.94. The van der Waals surface area contributed by atoms with E-state index in [2.05, 4.69) is 0 Å². The van der Waals surface area contributed by atoms with Gasteiger partial charge in [0.25, 0.3) is 0 Å². The lowest BCUT2D eigenvalue weighted by molar-refractivity contribution is -0.193. The second kappa shape index (κ2) is 6.03. The van der Waals surface area contributed by atoms with Crippen molar-refractivity contribution in [3.8, 4) is 0 Å². The van der Waals surface area contributed by atoms with E-state index in [1.165, 1.54) is 0 Å². The molecule has 1 aliphatic heterocycles. The fourth-order valence-electron chi connectivity index (χ4n) is 2.98. The topological polar surface area (TPSA) is 59.0 Å². The SMILES string of the molecule is O=C(OCc1ccccc1)N1CC(CO)OC2(CCC2)C1. The number of hydrogen-bond donors (Lipinski definition) is 1. The van der Waals surface area contributed by atoms with E-state index in [1.807, 2.05) is 30.3 Å². The first-order valence-electron chi connectivity index (χ1n) is 7.45. The van der Waals surface area contributed by atoms with Gasteiger partial charge in [0.05, 0.1) is 31.4 Å². The minimum Gasteiger partial charge on any atom is -0.445 e. The summed E-state index contributed by atoms with van der Waals surface area (Å²) in [6.07, 6.45) is 2.39. The predicted molar refractivity (Wildman–Crippen MR) is 76.7 cm³/mol. The number of carbonyl (C=O) groups excluding carboxylic acids is 1. The Morgan fingerprint density at radius 3 is 2.76 bits per heavy atom. The molecule has 1 unspecified atom stereocenters. The highest BCUT2D eigenvalue weighted by Crippen LogP contribution is 2.39. The highest BCUT2D eigenvalue weighted by molar-refractivity contribution is 5.68. The van der Waals surface area contributed by atoms with Gasteiger partial charge in [0.1, 0.15) is 6.61 Å². The van der Waals surface area contributed by atoms with Gasteiger partial charge in [-0.2, -0.15) is 0 Å². The molecule has 2 fully saturated rings. The summed E-state index contributed by atoms with van der Waals surface area (Å²) in [4.78, 5) is 13.9. The molecule has 0 radical (unpaired) electrons. The monoisotopic (exact) mass is 291 g/mol. The normalized spacial score (nSPS) is 23.7. The van der Waals surface area contributed by atoms with Gasteiger partial charge in [-0.3, -0.25) is 0 Å². The molecule has 1 aromatic rings. The number of hydrogen-bond acceptors (Lipinski definition) is 4. The molecule has 1 saturated carbocycles. The van der Waals surface area contributed by atoms with Gasteiger partial charge < -0.3 is 19.5 Å². The molecule has 1 aliphatic carbocycles. The number of carbonyl (C=O) groups is 1. The van der Waals surface area contributed by atoms with Crippen LogP contribution in [0.15, 0.2) is 30.3 Å². The van der Waals surface area contributed by atoms with Crippen LogP contribution in [0.2, 0.25) is 0 Å². The average molecular weight is 291 g/mol. The number of morpholine rings is 1. The van der Waals surface area contributed by atoms with Crippen LogP contribution in [0, 0.1) is 0 Å². The molecule has 1 saturated heterocycles. The third-order valence-electron chi connectivity index (χ3n) is 4.25. The Labute approximate surface area is 124 Å². The van der Waals surface area contributed by atoms with Gasteiger partial charge in [0.15, 0.2) is 0 Å². The van der Waals surface area contributed by atoms with Crippen LogP contribution >= 0.6 is 0 Å². The summed E-state index contributed by atoms with van der Waals surface area (Å²) >= 11 is 0. The number of aliphatic hydroxyl groups is 1. The van der Waals surface area contributed by atoms with Crippen LogP contribution in [0.25, 0.3) is 0 Å². The second-order valence-corrected chi connectivity index (χ2v) is 5.88. The second-order valence-electron chi connectivity index (χ2n) is 5.88. The standard InChI is InChI=1S/C16H21NO4/c18-10-14-9-17(12-16(21-14)7-4-8-16)15(19)20-11-13-5-2-1-3-6-13/h1-3,5-6,14,18H,4,7-12H2. The zero-order valence-corrected chi connectivity index (χ0v) is 12.0. The molecule has 114 valence electrons. The molecule has 1 amide bonds. The maximum Gasteiger partial charge on any atom is 0.410 e. The number of ether oxygens (including phenoxy) is 2. The van der Waals surface area contributed by atoms with Gasteiger partial charge in [-0.25, -0.2) is 4.79 Å². The fraction of sp³-hybridized carbons (Fsp3) is 0.562. The molecule has 0 aromatic heterocycles. The third-order valence-corrected chi connectivity index (χ3v) is 4.25. The largest absolute Gasteiger partial charge is 0.445 e. The van der Waals surface area contributed by atoms with Gasteiger partial charge in [0, 0.05) is 0 Å². The Morgan fingerprint density at radius 1 is 1.38 bits per heavy atom. The Kier molecular flexibility index (Phi) is 4.12. The molecule has 1 atom stereocenters. The van der Waals surface area contributed by atoms with Crippen molar-refractivity contribution in [3.05, 3.63) is 35.9 Å². The Balaban J connectivity index is 1.58. The molecule has 2 aliphatic rings. The lowest BCUT2D eigenvalue weighted by atomic mass is 9.78. The maximum atomic E-state index is 12.2. The van der Waals surface area contributed by atoms with Crippen LogP contribution in [0.3, 0.4) is 0 Å². The third kappa shape index (κ3) is 3.19. The lowest BCUT2D eigenvalue weighted by Gasteiger charge is -2.50. The van der Waals surface area contributed by atoms with E-state index in [0.717, 1.165) is 24.8 Å². The van der Waals surface area contributed by atoms with Crippen LogP contribution in [0.5, 0.6) is 0 Å². The van der Waals surface area contributed by atoms with Crippen molar-refractivity contribution in [2.75, 3.05) is 19.7 Å². The molecule has 3 rings (SSSR count). The molecule has 1 spiro atoms. The van der Waals surface area contributed by atoms with Crippen LogP contribution in [-0.2, 0) is 16.1 Å². The van der Waals surface area contributed by atoms with Crippen LogP contribution < -0.4 is 0 Å². The van der Waals surface area contributed by atoms with Crippen molar-refractivity contribution in [1.29, 1.82) is 0 Å². The fourth-order valence-corrected chi connectivity index (χ4v) is 2.98. The number of amides is 1. The highest BCUT2D eigenvalue weighted by atomic mass is 16.6. The van der Waals surface area contributed by atoms with E-state index in [1.54, 1.807) is 4.90 Å². The average Bonchev–Trinajstić information content (AvgIpc) is 2.51. The number of nitrogens with zero attached hydrogens (tertiary/aromatic N) is 1. The zero-order valence-electron chi connectivity index (χ0n) is 12.0.